The van der Waals surface area contributed by atoms with Crippen LogP contribution in [0, 0.1) is 11.7 Å². The zero-order valence-electron chi connectivity index (χ0n) is 15.0. The van der Waals surface area contributed by atoms with E-state index in [1.54, 1.807) is 25.1 Å². The Morgan fingerprint density at radius 1 is 1.41 bits per heavy atom. The minimum Gasteiger partial charge on any atom is -0.489 e. The standard InChI is InChI=1S/C20H22FN3O3/c1-19(18(23)25)10-27-17-14(19)8-15(20(26,9-22)12-4-5-12)24-16(17)11-2-6-13(21)7-3-11/h2-3,6-8,12,26H,4-5,9-10,22H2,1H3,(H2,23,25)/t19-,20?/m0/s1. The highest BCUT2D eigenvalue weighted by Crippen LogP contribution is 2.49. The first-order valence-electron chi connectivity index (χ1n) is 8.96. The van der Waals surface area contributed by atoms with E-state index in [0.717, 1.165) is 12.8 Å². The van der Waals surface area contributed by atoms with Gasteiger partial charge in [0.25, 0.3) is 0 Å². The van der Waals surface area contributed by atoms with Gasteiger partial charge in [-0.15, -0.1) is 0 Å². The van der Waals surface area contributed by atoms with Gasteiger partial charge in [0.05, 0.1) is 5.69 Å². The number of pyridine rings is 1. The number of aromatic nitrogens is 1. The highest BCUT2D eigenvalue weighted by molar-refractivity contribution is 5.90. The van der Waals surface area contributed by atoms with E-state index in [1.165, 1.54) is 12.1 Å². The second-order valence-corrected chi connectivity index (χ2v) is 7.63. The summed E-state index contributed by atoms with van der Waals surface area (Å²) in [5.74, 6) is -0.435. The summed E-state index contributed by atoms with van der Waals surface area (Å²) in [5.41, 5.74) is 11.3. The summed E-state index contributed by atoms with van der Waals surface area (Å²) in [5, 5.41) is 11.2. The Balaban J connectivity index is 1.96. The number of carbonyl (C=O) groups excluding carboxylic acids is 1. The lowest BCUT2D eigenvalue weighted by Crippen LogP contribution is -2.41. The van der Waals surface area contributed by atoms with Gasteiger partial charge in [-0.05, 0) is 56.0 Å². The summed E-state index contributed by atoms with van der Waals surface area (Å²) < 4.78 is 19.2. The number of amides is 1. The topological polar surface area (TPSA) is 111 Å². The minimum atomic E-state index is -1.29. The van der Waals surface area contributed by atoms with E-state index in [1.807, 2.05) is 0 Å². The van der Waals surface area contributed by atoms with Gasteiger partial charge >= 0.3 is 0 Å². The number of hydrogen-bond donors (Lipinski definition) is 3. The van der Waals surface area contributed by atoms with E-state index in [-0.39, 0.29) is 24.9 Å². The Hall–Kier alpha value is -2.51. The number of fused-ring (bicyclic) bond motifs is 1. The van der Waals surface area contributed by atoms with E-state index in [2.05, 4.69) is 4.98 Å². The molecular weight excluding hydrogens is 349 g/mol. The maximum Gasteiger partial charge on any atom is 0.231 e. The monoisotopic (exact) mass is 371 g/mol. The van der Waals surface area contributed by atoms with Crippen molar-refractivity contribution in [1.29, 1.82) is 0 Å². The first-order chi connectivity index (χ1) is 12.8. The molecule has 0 bridgehead atoms. The molecule has 2 atom stereocenters. The lowest BCUT2D eigenvalue weighted by Gasteiger charge is -2.28. The van der Waals surface area contributed by atoms with Crippen LogP contribution in [0.1, 0.15) is 31.0 Å². The predicted octanol–water partition coefficient (Wildman–Crippen LogP) is 1.58. The Labute approximate surface area is 156 Å². The molecule has 0 saturated heterocycles. The molecule has 2 heterocycles. The van der Waals surface area contributed by atoms with Gasteiger partial charge in [0.1, 0.15) is 34.9 Å². The maximum absolute atomic E-state index is 13.4. The molecule has 4 rings (SSSR count). The first-order valence-corrected chi connectivity index (χ1v) is 8.96. The molecule has 1 amide bonds. The van der Waals surface area contributed by atoms with Gasteiger partial charge < -0.3 is 21.3 Å². The van der Waals surface area contributed by atoms with E-state index in [0.29, 0.717) is 28.3 Å². The number of nitrogens with zero attached hydrogens (tertiary/aromatic N) is 1. The molecule has 0 radical (unpaired) electrons. The van der Waals surface area contributed by atoms with Gasteiger partial charge in [-0.1, -0.05) is 0 Å². The molecule has 142 valence electrons. The third kappa shape index (κ3) is 2.69. The normalized spacial score (nSPS) is 23.4. The molecule has 1 unspecified atom stereocenters. The molecule has 6 nitrogen and oxygen atoms in total. The fourth-order valence-corrected chi connectivity index (χ4v) is 3.65. The van der Waals surface area contributed by atoms with Gasteiger partial charge in [-0.25, -0.2) is 9.37 Å². The van der Waals surface area contributed by atoms with Crippen LogP contribution in [-0.4, -0.2) is 29.1 Å². The van der Waals surface area contributed by atoms with Crippen LogP contribution in [0.3, 0.4) is 0 Å². The van der Waals surface area contributed by atoms with E-state index in [4.69, 9.17) is 16.2 Å². The first kappa shape index (κ1) is 17.9. The molecule has 1 aromatic heterocycles. The molecule has 2 aromatic rings. The molecule has 2 aliphatic rings. The molecule has 1 saturated carbocycles. The van der Waals surface area contributed by atoms with Crippen LogP contribution in [0.5, 0.6) is 5.75 Å². The number of ether oxygens (including phenoxy) is 1. The van der Waals surface area contributed by atoms with Crippen molar-refractivity contribution in [3.05, 3.63) is 47.4 Å². The molecule has 1 aliphatic carbocycles. The SMILES string of the molecule is C[C@]1(C(N)=O)COc2c1cc(C(O)(CN)C1CC1)nc2-c1ccc(F)cc1. The molecule has 1 aromatic carbocycles. The van der Waals surface area contributed by atoms with Crippen LogP contribution in [0.2, 0.25) is 0 Å². The summed E-state index contributed by atoms with van der Waals surface area (Å²) >= 11 is 0. The Bertz CT molecular complexity index is 913. The van der Waals surface area contributed by atoms with Crippen molar-refractivity contribution in [3.8, 4) is 17.0 Å². The summed E-state index contributed by atoms with van der Waals surface area (Å²) in [6.45, 7) is 1.81. The van der Waals surface area contributed by atoms with Gasteiger partial charge in [-0.2, -0.15) is 0 Å². The number of halogens is 1. The van der Waals surface area contributed by atoms with E-state index >= 15 is 0 Å². The van der Waals surface area contributed by atoms with Crippen molar-refractivity contribution >= 4 is 5.91 Å². The van der Waals surface area contributed by atoms with Crippen molar-refractivity contribution < 1.29 is 19.0 Å². The highest BCUT2D eigenvalue weighted by Gasteiger charge is 2.49. The largest absolute Gasteiger partial charge is 0.489 e. The average molecular weight is 371 g/mol. The number of carbonyl (C=O) groups is 1. The Kier molecular flexibility index (Phi) is 3.98. The second-order valence-electron chi connectivity index (χ2n) is 7.63. The van der Waals surface area contributed by atoms with Crippen LogP contribution in [-0.2, 0) is 15.8 Å². The zero-order chi connectivity index (χ0) is 19.4. The number of nitrogens with two attached hydrogens (primary N) is 2. The molecule has 7 heteroatoms. The fourth-order valence-electron chi connectivity index (χ4n) is 3.65. The van der Waals surface area contributed by atoms with Crippen LogP contribution < -0.4 is 16.2 Å². The number of primary amides is 1. The maximum atomic E-state index is 13.4. The lowest BCUT2D eigenvalue weighted by molar-refractivity contribution is -0.123. The number of hydrogen-bond acceptors (Lipinski definition) is 5. The van der Waals surface area contributed by atoms with Crippen LogP contribution >= 0.6 is 0 Å². The fraction of sp³-hybridized carbons (Fsp3) is 0.400. The molecule has 1 aliphatic heterocycles. The van der Waals surface area contributed by atoms with Gasteiger partial charge in [-0.3, -0.25) is 4.79 Å². The van der Waals surface area contributed by atoms with E-state index < -0.39 is 16.9 Å². The van der Waals surface area contributed by atoms with Gasteiger partial charge in [0.2, 0.25) is 5.91 Å². The van der Waals surface area contributed by atoms with Crippen LogP contribution in [0.25, 0.3) is 11.3 Å². The molecule has 0 spiro atoms. The molecule has 27 heavy (non-hydrogen) atoms. The van der Waals surface area contributed by atoms with Gasteiger partial charge in [0.15, 0.2) is 0 Å². The Morgan fingerprint density at radius 3 is 2.63 bits per heavy atom. The number of benzene rings is 1. The number of aliphatic hydroxyl groups is 1. The summed E-state index contributed by atoms with van der Waals surface area (Å²) in [6, 6.07) is 7.52. The molecule has 5 N–H and O–H groups in total. The number of rotatable bonds is 5. The second kappa shape index (κ2) is 6.00. The smallest absolute Gasteiger partial charge is 0.231 e. The van der Waals surface area contributed by atoms with E-state index in [9.17, 15) is 14.3 Å². The van der Waals surface area contributed by atoms with Crippen molar-refractivity contribution in [3.63, 3.8) is 0 Å². The van der Waals surface area contributed by atoms with Gasteiger partial charge in [0, 0.05) is 17.7 Å². The van der Waals surface area contributed by atoms with Crippen molar-refractivity contribution in [2.75, 3.05) is 13.2 Å². The molecular formula is C20H22FN3O3. The zero-order valence-corrected chi connectivity index (χ0v) is 15.0. The summed E-state index contributed by atoms with van der Waals surface area (Å²) in [4.78, 5) is 16.8. The van der Waals surface area contributed by atoms with Crippen molar-refractivity contribution in [1.82, 2.24) is 4.98 Å². The highest BCUT2D eigenvalue weighted by atomic mass is 19.1. The average Bonchev–Trinajstić information content (AvgIpc) is 3.46. The third-order valence-corrected chi connectivity index (χ3v) is 5.74. The minimum absolute atomic E-state index is 0.0143. The Morgan fingerprint density at radius 2 is 2.07 bits per heavy atom. The van der Waals surface area contributed by atoms with Crippen LogP contribution in [0.4, 0.5) is 4.39 Å². The predicted molar refractivity (Wildman–Crippen MR) is 97.3 cm³/mol. The summed E-state index contributed by atoms with van der Waals surface area (Å²) in [7, 11) is 0. The van der Waals surface area contributed by atoms with Crippen molar-refractivity contribution in [2.45, 2.75) is 30.8 Å². The molecule has 1 fully saturated rings. The summed E-state index contributed by atoms with van der Waals surface area (Å²) in [6.07, 6.45) is 1.73. The quantitative estimate of drug-likeness (QED) is 0.739. The van der Waals surface area contributed by atoms with Crippen LogP contribution in [0.15, 0.2) is 30.3 Å². The third-order valence-electron chi connectivity index (χ3n) is 5.74. The van der Waals surface area contributed by atoms with Crippen molar-refractivity contribution in [2.24, 2.45) is 17.4 Å². The lowest BCUT2D eigenvalue weighted by atomic mass is 9.81.